The highest BCUT2D eigenvalue weighted by molar-refractivity contribution is 7.77. The van der Waals surface area contributed by atoms with Crippen molar-refractivity contribution in [2.45, 2.75) is 19.3 Å². The van der Waals surface area contributed by atoms with Crippen LogP contribution in [-0.2, 0) is 11.3 Å². The van der Waals surface area contributed by atoms with E-state index in [2.05, 4.69) is 24.6 Å². The molecule has 0 amide bonds. The smallest absolute Gasteiger partial charge is 0.213 e. The van der Waals surface area contributed by atoms with Crippen LogP contribution >= 0.6 is 0 Å². The van der Waals surface area contributed by atoms with E-state index < -0.39 is 11.3 Å². The molecule has 0 bridgehead atoms. The zero-order chi connectivity index (χ0) is 16.9. The van der Waals surface area contributed by atoms with Crippen LogP contribution in [0.4, 0.5) is 5.82 Å². The van der Waals surface area contributed by atoms with E-state index in [-0.39, 0.29) is 0 Å². The number of ether oxygens (including phenoxy) is 1. The summed E-state index contributed by atoms with van der Waals surface area (Å²) in [6.07, 6.45) is 6.15. The molecule has 0 aromatic carbocycles. The lowest BCUT2D eigenvalue weighted by molar-refractivity contribution is 0.380. The maximum atomic E-state index is 10.5. The van der Waals surface area contributed by atoms with Crippen LogP contribution in [0.15, 0.2) is 18.6 Å². The van der Waals surface area contributed by atoms with Gasteiger partial charge in [-0.3, -0.25) is 4.21 Å². The van der Waals surface area contributed by atoms with E-state index in [1.165, 1.54) is 0 Å². The lowest BCUT2D eigenvalue weighted by Gasteiger charge is -2.33. The number of aromatic nitrogens is 3. The standard InChI is InChI=1S/C15H21N5O3S/c1-23-14-8-12-13(9-16-14)17-10-18-15(12)20-6-3-11(4-7-20)2-5-19-24(21)22/h8-11,19H,2-7H2,1H3,(H,21,22)/p-1. The average Bonchev–Trinajstić information content (AvgIpc) is 2.61. The Hall–Kier alpha value is -1.84. The Morgan fingerprint density at radius 2 is 2.17 bits per heavy atom. The summed E-state index contributed by atoms with van der Waals surface area (Å²) in [7, 11) is 1.59. The molecule has 24 heavy (non-hydrogen) atoms. The van der Waals surface area contributed by atoms with E-state index in [4.69, 9.17) is 4.74 Å². The number of hydrogen-bond donors (Lipinski definition) is 1. The second-order valence-electron chi connectivity index (χ2n) is 5.79. The SMILES string of the molecule is COc1cc2c(N3CCC(CCNS(=O)[O-])CC3)ncnc2cn1. The maximum absolute atomic E-state index is 10.5. The summed E-state index contributed by atoms with van der Waals surface area (Å²) in [5.41, 5.74) is 0.796. The number of nitrogens with zero attached hydrogens (tertiary/aromatic N) is 4. The normalized spacial score (nSPS) is 17.2. The highest BCUT2D eigenvalue weighted by atomic mass is 32.2. The van der Waals surface area contributed by atoms with Gasteiger partial charge in [-0.15, -0.1) is 0 Å². The fourth-order valence-corrected chi connectivity index (χ4v) is 3.35. The summed E-state index contributed by atoms with van der Waals surface area (Å²) in [5.74, 6) is 1.98. The van der Waals surface area contributed by atoms with Gasteiger partial charge in [0.25, 0.3) is 0 Å². The Labute approximate surface area is 143 Å². The number of pyridine rings is 1. The van der Waals surface area contributed by atoms with Gasteiger partial charge in [-0.25, -0.2) is 19.7 Å². The van der Waals surface area contributed by atoms with Gasteiger partial charge in [0, 0.05) is 42.4 Å². The maximum Gasteiger partial charge on any atom is 0.213 e. The van der Waals surface area contributed by atoms with Gasteiger partial charge in [0.15, 0.2) is 0 Å². The first-order valence-electron chi connectivity index (χ1n) is 7.90. The number of fused-ring (bicyclic) bond motifs is 1. The van der Waals surface area contributed by atoms with Crippen molar-refractivity contribution in [1.29, 1.82) is 0 Å². The molecule has 2 aromatic heterocycles. The molecule has 0 spiro atoms. The summed E-state index contributed by atoms with van der Waals surface area (Å²) in [6.45, 7) is 2.28. The van der Waals surface area contributed by atoms with Crippen LogP contribution in [0.5, 0.6) is 5.88 Å². The first-order chi connectivity index (χ1) is 11.7. The number of rotatable bonds is 6. The van der Waals surface area contributed by atoms with E-state index >= 15 is 0 Å². The molecular weight excluding hydrogens is 330 g/mol. The van der Waals surface area contributed by atoms with Gasteiger partial charge < -0.3 is 14.2 Å². The topological polar surface area (TPSA) is 103 Å². The number of hydrogen-bond acceptors (Lipinski definition) is 7. The molecule has 1 aliphatic heterocycles. The molecule has 0 aliphatic carbocycles. The molecule has 9 heteroatoms. The molecule has 1 fully saturated rings. The Balaban J connectivity index is 1.68. The molecule has 0 saturated carbocycles. The van der Waals surface area contributed by atoms with Gasteiger partial charge in [-0.1, -0.05) is 0 Å². The van der Waals surface area contributed by atoms with Crippen molar-refractivity contribution >= 4 is 28.0 Å². The molecule has 1 saturated heterocycles. The molecule has 2 aromatic rings. The third-order valence-corrected chi connectivity index (χ3v) is 4.81. The van der Waals surface area contributed by atoms with Crippen molar-refractivity contribution in [3.8, 4) is 5.88 Å². The third kappa shape index (κ3) is 3.97. The lowest BCUT2D eigenvalue weighted by Crippen LogP contribution is -2.35. The summed E-state index contributed by atoms with van der Waals surface area (Å²) < 4.78 is 28.6. The first-order valence-corrected chi connectivity index (χ1v) is 8.97. The Morgan fingerprint density at radius 1 is 1.38 bits per heavy atom. The Kier molecular flexibility index (Phi) is 5.54. The predicted molar refractivity (Wildman–Crippen MR) is 90.4 cm³/mol. The highest BCUT2D eigenvalue weighted by Crippen LogP contribution is 2.29. The van der Waals surface area contributed by atoms with Gasteiger partial charge >= 0.3 is 0 Å². The van der Waals surface area contributed by atoms with E-state index in [0.717, 1.165) is 49.1 Å². The second-order valence-corrected chi connectivity index (χ2v) is 6.55. The van der Waals surface area contributed by atoms with Gasteiger partial charge in [0.2, 0.25) is 5.88 Å². The number of anilines is 1. The van der Waals surface area contributed by atoms with Crippen molar-refractivity contribution in [2.75, 3.05) is 31.6 Å². The summed E-state index contributed by atoms with van der Waals surface area (Å²) >= 11 is -2.17. The fourth-order valence-electron chi connectivity index (χ4n) is 3.07. The van der Waals surface area contributed by atoms with Gasteiger partial charge in [0.1, 0.15) is 12.1 Å². The van der Waals surface area contributed by atoms with Crippen LogP contribution in [0.2, 0.25) is 0 Å². The average molecular weight is 350 g/mol. The summed E-state index contributed by atoms with van der Waals surface area (Å²) in [6, 6.07) is 1.87. The van der Waals surface area contributed by atoms with Gasteiger partial charge in [0.05, 0.1) is 18.8 Å². The summed E-state index contributed by atoms with van der Waals surface area (Å²) in [4.78, 5) is 15.1. The van der Waals surface area contributed by atoms with Crippen LogP contribution in [0.3, 0.4) is 0 Å². The van der Waals surface area contributed by atoms with E-state index in [1.807, 2.05) is 6.07 Å². The molecule has 1 unspecified atom stereocenters. The molecule has 0 radical (unpaired) electrons. The Morgan fingerprint density at radius 3 is 2.88 bits per heavy atom. The molecule has 1 atom stereocenters. The van der Waals surface area contributed by atoms with Crippen LogP contribution < -0.4 is 14.4 Å². The van der Waals surface area contributed by atoms with Gasteiger partial charge in [-0.05, 0) is 25.2 Å². The molecule has 1 aliphatic rings. The number of nitrogens with one attached hydrogen (secondary N) is 1. The molecule has 3 rings (SSSR count). The molecular formula is C15H20N5O3S-. The van der Waals surface area contributed by atoms with Crippen LogP contribution in [0, 0.1) is 5.92 Å². The quantitative estimate of drug-likeness (QED) is 0.776. The van der Waals surface area contributed by atoms with Crippen molar-refractivity contribution < 1.29 is 13.5 Å². The first kappa shape index (κ1) is 17.0. The van der Waals surface area contributed by atoms with Crippen molar-refractivity contribution in [3.63, 3.8) is 0 Å². The van der Waals surface area contributed by atoms with E-state index in [9.17, 15) is 8.76 Å². The fraction of sp³-hybridized carbons (Fsp3) is 0.533. The van der Waals surface area contributed by atoms with E-state index in [1.54, 1.807) is 19.6 Å². The molecule has 1 N–H and O–H groups in total. The predicted octanol–water partition coefficient (Wildman–Crippen LogP) is 1.02. The minimum Gasteiger partial charge on any atom is -0.760 e. The number of piperidine rings is 1. The zero-order valence-electron chi connectivity index (χ0n) is 13.5. The van der Waals surface area contributed by atoms with Crippen LogP contribution in [0.1, 0.15) is 19.3 Å². The lowest BCUT2D eigenvalue weighted by atomic mass is 9.93. The van der Waals surface area contributed by atoms with Crippen molar-refractivity contribution in [2.24, 2.45) is 5.92 Å². The van der Waals surface area contributed by atoms with E-state index in [0.29, 0.717) is 18.3 Å². The zero-order valence-corrected chi connectivity index (χ0v) is 14.3. The highest BCUT2D eigenvalue weighted by Gasteiger charge is 2.21. The van der Waals surface area contributed by atoms with Gasteiger partial charge in [-0.2, -0.15) is 0 Å². The third-order valence-electron chi connectivity index (χ3n) is 4.37. The molecule has 8 nitrogen and oxygen atoms in total. The minimum atomic E-state index is -2.17. The number of methoxy groups -OCH3 is 1. The minimum absolute atomic E-state index is 0.500. The second kappa shape index (κ2) is 7.82. The van der Waals surface area contributed by atoms with Crippen LogP contribution in [0.25, 0.3) is 10.9 Å². The van der Waals surface area contributed by atoms with Crippen molar-refractivity contribution in [1.82, 2.24) is 19.7 Å². The monoisotopic (exact) mass is 350 g/mol. The Bertz CT molecular complexity index is 721. The van der Waals surface area contributed by atoms with Crippen molar-refractivity contribution in [3.05, 3.63) is 18.6 Å². The summed E-state index contributed by atoms with van der Waals surface area (Å²) in [5, 5.41) is 0.936. The van der Waals surface area contributed by atoms with Crippen LogP contribution in [-0.4, -0.2) is 50.5 Å². The molecule has 3 heterocycles. The largest absolute Gasteiger partial charge is 0.760 e. The molecule has 130 valence electrons.